The highest BCUT2D eigenvalue weighted by Crippen LogP contribution is 2.30. The Labute approximate surface area is 120 Å². The average Bonchev–Trinajstić information content (AvgIpc) is 2.49. The first-order valence-corrected chi connectivity index (χ1v) is 7.35. The van der Waals surface area contributed by atoms with Crippen molar-refractivity contribution in [3.63, 3.8) is 0 Å². The van der Waals surface area contributed by atoms with E-state index in [2.05, 4.69) is 4.98 Å². The number of thioether (sulfide) groups is 1. The number of nitrogens with zero attached hydrogens (tertiary/aromatic N) is 1. The third kappa shape index (κ3) is 2.60. The van der Waals surface area contributed by atoms with Gasteiger partial charge in [0, 0.05) is 16.5 Å². The van der Waals surface area contributed by atoms with Crippen molar-refractivity contribution in [2.45, 2.75) is 4.90 Å². The van der Waals surface area contributed by atoms with E-state index < -0.39 is 0 Å². The normalized spacial score (nSPS) is 10.7. The van der Waals surface area contributed by atoms with Crippen LogP contribution in [0.4, 0.5) is 4.39 Å². The summed E-state index contributed by atoms with van der Waals surface area (Å²) >= 11 is 1.67. The van der Waals surface area contributed by atoms with E-state index >= 15 is 0 Å². The van der Waals surface area contributed by atoms with Crippen molar-refractivity contribution in [3.05, 3.63) is 60.5 Å². The monoisotopic (exact) mass is 285 g/mol. The van der Waals surface area contributed by atoms with Crippen LogP contribution in [0, 0.1) is 5.82 Å². The minimum absolute atomic E-state index is 0.276. The fourth-order valence-corrected chi connectivity index (χ4v) is 2.38. The molecule has 0 fully saturated rings. The molecule has 1 aromatic heterocycles. The van der Waals surface area contributed by atoms with Crippen LogP contribution in [0.25, 0.3) is 10.9 Å². The number of fused-ring (bicyclic) bond motifs is 1. The topological polar surface area (TPSA) is 22.1 Å². The summed E-state index contributed by atoms with van der Waals surface area (Å²) < 4.78 is 18.7. The van der Waals surface area contributed by atoms with E-state index in [1.807, 2.05) is 30.5 Å². The molecule has 2 nitrogen and oxygen atoms in total. The molecule has 0 aliphatic carbocycles. The fourth-order valence-electron chi connectivity index (χ4n) is 1.95. The molecule has 3 rings (SSSR count). The summed E-state index contributed by atoms with van der Waals surface area (Å²) in [5.74, 6) is 1.05. The van der Waals surface area contributed by atoms with Gasteiger partial charge in [0.2, 0.25) is 0 Å². The lowest BCUT2D eigenvalue weighted by molar-refractivity contribution is 0.485. The summed E-state index contributed by atoms with van der Waals surface area (Å²) in [4.78, 5) is 5.51. The molecule has 0 bridgehead atoms. The lowest BCUT2D eigenvalue weighted by Crippen LogP contribution is -1.88. The zero-order chi connectivity index (χ0) is 13.9. The van der Waals surface area contributed by atoms with Crippen molar-refractivity contribution in [3.8, 4) is 11.5 Å². The predicted molar refractivity (Wildman–Crippen MR) is 80.0 cm³/mol. The molecule has 20 heavy (non-hydrogen) atoms. The van der Waals surface area contributed by atoms with Gasteiger partial charge < -0.3 is 4.74 Å². The van der Waals surface area contributed by atoms with Crippen LogP contribution >= 0.6 is 11.8 Å². The molecule has 100 valence electrons. The molecule has 0 saturated carbocycles. The lowest BCUT2D eigenvalue weighted by Gasteiger charge is -2.09. The first-order valence-electron chi connectivity index (χ1n) is 6.12. The number of ether oxygens (including phenoxy) is 1. The van der Waals surface area contributed by atoms with Crippen molar-refractivity contribution in [2.75, 3.05) is 6.26 Å². The molecule has 0 amide bonds. The van der Waals surface area contributed by atoms with Gasteiger partial charge in [-0.25, -0.2) is 4.39 Å². The Morgan fingerprint density at radius 2 is 1.85 bits per heavy atom. The SMILES string of the molecule is CSc1ccc2c(Oc3ccc(F)cc3)ccnc2c1. The maximum Gasteiger partial charge on any atom is 0.138 e. The summed E-state index contributed by atoms with van der Waals surface area (Å²) in [5.41, 5.74) is 0.886. The van der Waals surface area contributed by atoms with Crippen LogP contribution in [0.2, 0.25) is 0 Å². The number of benzene rings is 2. The van der Waals surface area contributed by atoms with Crippen LogP contribution in [0.5, 0.6) is 11.5 Å². The molecule has 0 aliphatic rings. The van der Waals surface area contributed by atoms with Crippen LogP contribution < -0.4 is 4.74 Å². The van der Waals surface area contributed by atoms with E-state index in [0.29, 0.717) is 11.5 Å². The van der Waals surface area contributed by atoms with Gasteiger partial charge in [0.25, 0.3) is 0 Å². The molecule has 0 saturated heterocycles. The zero-order valence-electron chi connectivity index (χ0n) is 10.8. The van der Waals surface area contributed by atoms with Gasteiger partial charge in [-0.1, -0.05) is 0 Å². The van der Waals surface area contributed by atoms with Crippen molar-refractivity contribution >= 4 is 22.7 Å². The summed E-state index contributed by atoms with van der Waals surface area (Å²) in [6.45, 7) is 0. The number of pyridine rings is 1. The van der Waals surface area contributed by atoms with E-state index in [4.69, 9.17) is 4.74 Å². The second kappa shape index (κ2) is 5.51. The van der Waals surface area contributed by atoms with E-state index in [1.54, 1.807) is 30.1 Å². The number of rotatable bonds is 3. The van der Waals surface area contributed by atoms with Gasteiger partial charge in [0.05, 0.1) is 5.52 Å². The summed E-state index contributed by atoms with van der Waals surface area (Å²) in [6.07, 6.45) is 3.74. The quantitative estimate of drug-likeness (QED) is 0.640. The molecule has 0 aliphatic heterocycles. The molecule has 4 heteroatoms. The van der Waals surface area contributed by atoms with E-state index in [0.717, 1.165) is 15.8 Å². The number of halogens is 1. The van der Waals surface area contributed by atoms with Crippen molar-refractivity contribution < 1.29 is 9.13 Å². The van der Waals surface area contributed by atoms with Crippen LogP contribution in [-0.2, 0) is 0 Å². The van der Waals surface area contributed by atoms with E-state index in [1.165, 1.54) is 12.1 Å². The van der Waals surface area contributed by atoms with Gasteiger partial charge in [0.1, 0.15) is 17.3 Å². The minimum atomic E-state index is -0.276. The van der Waals surface area contributed by atoms with E-state index in [9.17, 15) is 4.39 Å². The smallest absolute Gasteiger partial charge is 0.138 e. The summed E-state index contributed by atoms with van der Waals surface area (Å²) in [6, 6.07) is 13.8. The summed E-state index contributed by atoms with van der Waals surface area (Å²) in [5, 5.41) is 0.939. The highest BCUT2D eigenvalue weighted by Gasteiger charge is 2.05. The molecule has 2 aromatic carbocycles. The minimum Gasteiger partial charge on any atom is -0.457 e. The van der Waals surface area contributed by atoms with Crippen LogP contribution in [-0.4, -0.2) is 11.2 Å². The standard InChI is InChI=1S/C16H12FNOS/c1-20-13-6-7-14-15(10-13)18-9-8-16(14)19-12-4-2-11(17)3-5-12/h2-10H,1H3. The Hall–Kier alpha value is -2.07. The first-order chi connectivity index (χ1) is 9.76. The molecule has 1 heterocycles. The highest BCUT2D eigenvalue weighted by molar-refractivity contribution is 7.98. The largest absolute Gasteiger partial charge is 0.457 e. The van der Waals surface area contributed by atoms with Crippen LogP contribution in [0.1, 0.15) is 0 Å². The maximum absolute atomic E-state index is 12.9. The number of aromatic nitrogens is 1. The Bertz CT molecular complexity index is 743. The van der Waals surface area contributed by atoms with Crippen molar-refractivity contribution in [1.29, 1.82) is 0 Å². The van der Waals surface area contributed by atoms with Gasteiger partial charge in [-0.3, -0.25) is 4.98 Å². The second-order valence-corrected chi connectivity index (χ2v) is 5.13. The fraction of sp³-hybridized carbons (Fsp3) is 0.0625. The number of hydrogen-bond donors (Lipinski definition) is 0. The van der Waals surface area contributed by atoms with Gasteiger partial charge in [-0.15, -0.1) is 11.8 Å². The third-order valence-electron chi connectivity index (χ3n) is 2.95. The zero-order valence-corrected chi connectivity index (χ0v) is 11.7. The molecule has 0 spiro atoms. The Balaban J connectivity index is 2.01. The average molecular weight is 285 g/mol. The summed E-state index contributed by atoms with van der Waals surface area (Å²) in [7, 11) is 0. The molecule has 3 aromatic rings. The molecular weight excluding hydrogens is 273 g/mol. The van der Waals surface area contributed by atoms with Crippen molar-refractivity contribution in [1.82, 2.24) is 4.98 Å². The van der Waals surface area contributed by atoms with Gasteiger partial charge in [0.15, 0.2) is 0 Å². The molecule has 0 atom stereocenters. The van der Waals surface area contributed by atoms with Gasteiger partial charge in [-0.2, -0.15) is 0 Å². The second-order valence-electron chi connectivity index (χ2n) is 4.25. The lowest BCUT2D eigenvalue weighted by atomic mass is 10.2. The molecule has 0 radical (unpaired) electrons. The molecule has 0 unspecified atom stereocenters. The molecule has 0 N–H and O–H groups in total. The van der Waals surface area contributed by atoms with Gasteiger partial charge >= 0.3 is 0 Å². The Morgan fingerprint density at radius 1 is 1.05 bits per heavy atom. The maximum atomic E-state index is 12.9. The molecular formula is C16H12FNOS. The first kappa shape index (κ1) is 12.9. The number of hydrogen-bond acceptors (Lipinski definition) is 3. The van der Waals surface area contributed by atoms with Crippen molar-refractivity contribution in [2.24, 2.45) is 0 Å². The Kier molecular flexibility index (Phi) is 3.56. The highest BCUT2D eigenvalue weighted by atomic mass is 32.2. The Morgan fingerprint density at radius 3 is 2.60 bits per heavy atom. The van der Waals surface area contributed by atoms with Crippen LogP contribution in [0.15, 0.2) is 59.6 Å². The third-order valence-corrected chi connectivity index (χ3v) is 3.68. The van der Waals surface area contributed by atoms with Gasteiger partial charge in [-0.05, 0) is 54.8 Å². The van der Waals surface area contributed by atoms with Crippen LogP contribution in [0.3, 0.4) is 0 Å². The van der Waals surface area contributed by atoms with E-state index in [-0.39, 0.29) is 5.82 Å². The predicted octanol–water partition coefficient (Wildman–Crippen LogP) is 4.89.